The molecule has 1 aromatic rings. The number of rotatable bonds is 6. The van der Waals surface area contributed by atoms with E-state index >= 15 is 0 Å². The zero-order valence-electron chi connectivity index (χ0n) is 11.1. The lowest BCUT2D eigenvalue weighted by molar-refractivity contribution is -0.131. The van der Waals surface area contributed by atoms with Crippen LogP contribution in [0.5, 0.6) is 0 Å². The fourth-order valence-corrected chi connectivity index (χ4v) is 1.89. The average molecular weight is 247 g/mol. The van der Waals surface area contributed by atoms with Crippen molar-refractivity contribution in [2.45, 2.75) is 45.3 Å². The zero-order valence-corrected chi connectivity index (χ0v) is 11.1. The van der Waals surface area contributed by atoms with Crippen LogP contribution >= 0.6 is 0 Å². The number of pyridine rings is 1. The van der Waals surface area contributed by atoms with Crippen molar-refractivity contribution in [2.24, 2.45) is 0 Å². The number of aromatic nitrogens is 1. The van der Waals surface area contributed by atoms with Crippen LogP contribution in [0.1, 0.15) is 32.3 Å². The molecule has 18 heavy (non-hydrogen) atoms. The Bertz CT molecular complexity index is 387. The predicted molar refractivity (Wildman–Crippen MR) is 70.9 cm³/mol. The molecule has 0 bridgehead atoms. The summed E-state index contributed by atoms with van der Waals surface area (Å²) in [6.45, 7) is 5.21. The van der Waals surface area contributed by atoms with E-state index < -0.39 is 0 Å². The van der Waals surface area contributed by atoms with Crippen LogP contribution < -0.4 is 5.32 Å². The standard InChI is InChI=1S/C14H21N3O/c1-11(2)16-9-14(18)17(13-5-6-13)10-12-4-3-7-15-8-12/h3-4,7-8,11,13,16H,5-6,9-10H2,1-2H3. The Morgan fingerprint density at radius 1 is 1.56 bits per heavy atom. The zero-order chi connectivity index (χ0) is 13.0. The normalized spacial score (nSPS) is 14.8. The van der Waals surface area contributed by atoms with Crippen molar-refractivity contribution in [3.05, 3.63) is 30.1 Å². The molecule has 0 atom stereocenters. The quantitative estimate of drug-likeness (QED) is 0.830. The van der Waals surface area contributed by atoms with Crippen LogP contribution in [0.4, 0.5) is 0 Å². The maximum absolute atomic E-state index is 12.2. The van der Waals surface area contributed by atoms with Crippen molar-refractivity contribution in [2.75, 3.05) is 6.54 Å². The van der Waals surface area contributed by atoms with Gasteiger partial charge in [-0.1, -0.05) is 19.9 Å². The molecule has 0 spiro atoms. The number of carbonyl (C=O) groups excluding carboxylic acids is 1. The van der Waals surface area contributed by atoms with Crippen LogP contribution in [-0.2, 0) is 11.3 Å². The van der Waals surface area contributed by atoms with Crippen molar-refractivity contribution in [1.29, 1.82) is 0 Å². The van der Waals surface area contributed by atoms with E-state index in [2.05, 4.69) is 24.1 Å². The molecule has 1 amide bonds. The van der Waals surface area contributed by atoms with E-state index in [4.69, 9.17) is 0 Å². The number of carbonyl (C=O) groups is 1. The van der Waals surface area contributed by atoms with Crippen molar-refractivity contribution in [3.8, 4) is 0 Å². The fraction of sp³-hybridized carbons (Fsp3) is 0.571. The van der Waals surface area contributed by atoms with Crippen LogP contribution in [0.15, 0.2) is 24.5 Å². The van der Waals surface area contributed by atoms with Gasteiger partial charge in [-0.25, -0.2) is 0 Å². The molecule has 4 nitrogen and oxygen atoms in total. The molecule has 0 radical (unpaired) electrons. The first-order valence-corrected chi connectivity index (χ1v) is 6.58. The molecule has 0 unspecified atom stereocenters. The second kappa shape index (κ2) is 5.96. The van der Waals surface area contributed by atoms with Gasteiger partial charge >= 0.3 is 0 Å². The Hall–Kier alpha value is -1.42. The molecule has 0 aliphatic heterocycles. The summed E-state index contributed by atoms with van der Waals surface area (Å²) in [4.78, 5) is 18.3. The van der Waals surface area contributed by atoms with Gasteiger partial charge in [0, 0.05) is 31.0 Å². The number of hydrogen-bond acceptors (Lipinski definition) is 3. The third-order valence-electron chi connectivity index (χ3n) is 3.05. The summed E-state index contributed by atoms with van der Waals surface area (Å²) in [7, 11) is 0. The highest BCUT2D eigenvalue weighted by Gasteiger charge is 2.32. The summed E-state index contributed by atoms with van der Waals surface area (Å²) in [5.74, 6) is 0.190. The maximum Gasteiger partial charge on any atom is 0.237 e. The second-order valence-corrected chi connectivity index (χ2v) is 5.15. The van der Waals surface area contributed by atoms with E-state index in [-0.39, 0.29) is 5.91 Å². The summed E-state index contributed by atoms with van der Waals surface area (Å²) in [5, 5.41) is 3.19. The van der Waals surface area contributed by atoms with E-state index in [0.717, 1.165) is 18.4 Å². The summed E-state index contributed by atoms with van der Waals surface area (Å²) in [6.07, 6.45) is 5.85. The van der Waals surface area contributed by atoms with Crippen LogP contribution in [0.25, 0.3) is 0 Å². The number of nitrogens with zero attached hydrogens (tertiary/aromatic N) is 2. The molecular formula is C14H21N3O. The van der Waals surface area contributed by atoms with Gasteiger partial charge in [-0.2, -0.15) is 0 Å². The van der Waals surface area contributed by atoms with Gasteiger partial charge in [0.1, 0.15) is 0 Å². The van der Waals surface area contributed by atoms with Gasteiger partial charge in [0.05, 0.1) is 6.54 Å². The predicted octanol–water partition coefficient (Wildman–Crippen LogP) is 1.57. The summed E-state index contributed by atoms with van der Waals surface area (Å²) in [6, 6.07) is 4.71. The van der Waals surface area contributed by atoms with Crippen LogP contribution in [0.3, 0.4) is 0 Å². The topological polar surface area (TPSA) is 45.2 Å². The van der Waals surface area contributed by atoms with Gasteiger partial charge in [0.25, 0.3) is 0 Å². The lowest BCUT2D eigenvalue weighted by Crippen LogP contribution is -2.41. The molecule has 98 valence electrons. The second-order valence-electron chi connectivity index (χ2n) is 5.15. The molecule has 1 N–H and O–H groups in total. The number of nitrogens with one attached hydrogen (secondary N) is 1. The number of amides is 1. The number of hydrogen-bond donors (Lipinski definition) is 1. The largest absolute Gasteiger partial charge is 0.334 e. The Labute approximate surface area is 108 Å². The molecule has 0 saturated heterocycles. The van der Waals surface area contributed by atoms with E-state index in [1.165, 1.54) is 0 Å². The smallest absolute Gasteiger partial charge is 0.237 e. The third-order valence-corrected chi connectivity index (χ3v) is 3.05. The Morgan fingerprint density at radius 3 is 2.89 bits per heavy atom. The SMILES string of the molecule is CC(C)NCC(=O)N(Cc1cccnc1)C1CC1. The first-order chi connectivity index (χ1) is 8.66. The minimum atomic E-state index is 0.190. The van der Waals surface area contributed by atoms with Crippen molar-refractivity contribution >= 4 is 5.91 Å². The van der Waals surface area contributed by atoms with Crippen LogP contribution in [-0.4, -0.2) is 34.4 Å². The molecule has 1 saturated carbocycles. The Kier molecular flexibility index (Phi) is 4.31. The maximum atomic E-state index is 12.2. The molecule has 0 aromatic carbocycles. The first kappa shape index (κ1) is 13.0. The molecule has 1 aromatic heterocycles. The summed E-state index contributed by atoms with van der Waals surface area (Å²) < 4.78 is 0. The molecule has 1 aliphatic rings. The van der Waals surface area contributed by atoms with Gasteiger partial charge in [0.15, 0.2) is 0 Å². The molecule has 2 rings (SSSR count). The Balaban J connectivity index is 1.94. The highest BCUT2D eigenvalue weighted by molar-refractivity contribution is 5.79. The highest BCUT2D eigenvalue weighted by atomic mass is 16.2. The van der Waals surface area contributed by atoms with Crippen LogP contribution in [0.2, 0.25) is 0 Å². The Morgan fingerprint density at radius 2 is 2.33 bits per heavy atom. The highest BCUT2D eigenvalue weighted by Crippen LogP contribution is 2.28. The van der Waals surface area contributed by atoms with E-state index in [9.17, 15) is 4.79 Å². The van der Waals surface area contributed by atoms with Gasteiger partial charge < -0.3 is 10.2 Å². The minimum absolute atomic E-state index is 0.190. The molecular weight excluding hydrogens is 226 g/mol. The van der Waals surface area contributed by atoms with Gasteiger partial charge in [0.2, 0.25) is 5.91 Å². The van der Waals surface area contributed by atoms with E-state index in [0.29, 0.717) is 25.2 Å². The molecule has 1 heterocycles. The average Bonchev–Trinajstić information content (AvgIpc) is 3.18. The molecule has 4 heteroatoms. The van der Waals surface area contributed by atoms with Gasteiger partial charge in [-0.15, -0.1) is 0 Å². The molecule has 1 aliphatic carbocycles. The first-order valence-electron chi connectivity index (χ1n) is 6.58. The summed E-state index contributed by atoms with van der Waals surface area (Å²) in [5.41, 5.74) is 1.10. The lowest BCUT2D eigenvalue weighted by atomic mass is 10.2. The lowest BCUT2D eigenvalue weighted by Gasteiger charge is -2.23. The van der Waals surface area contributed by atoms with Crippen LogP contribution in [0, 0.1) is 0 Å². The van der Waals surface area contributed by atoms with Gasteiger partial charge in [-0.3, -0.25) is 9.78 Å². The van der Waals surface area contributed by atoms with Gasteiger partial charge in [-0.05, 0) is 24.5 Å². The van der Waals surface area contributed by atoms with E-state index in [1.807, 2.05) is 23.2 Å². The fourth-order valence-electron chi connectivity index (χ4n) is 1.89. The van der Waals surface area contributed by atoms with Crippen molar-refractivity contribution in [3.63, 3.8) is 0 Å². The van der Waals surface area contributed by atoms with Crippen molar-refractivity contribution < 1.29 is 4.79 Å². The summed E-state index contributed by atoms with van der Waals surface area (Å²) >= 11 is 0. The third kappa shape index (κ3) is 3.81. The van der Waals surface area contributed by atoms with Crippen molar-refractivity contribution in [1.82, 2.24) is 15.2 Å². The monoisotopic (exact) mass is 247 g/mol. The minimum Gasteiger partial charge on any atom is -0.334 e. The van der Waals surface area contributed by atoms with E-state index in [1.54, 1.807) is 6.20 Å². The molecule has 1 fully saturated rings.